The quantitative estimate of drug-likeness (QED) is 0.682. The first-order chi connectivity index (χ1) is 14.9. The second kappa shape index (κ2) is 10.2. The van der Waals surface area contributed by atoms with Gasteiger partial charge in [0.15, 0.2) is 0 Å². The number of halogens is 2. The van der Waals surface area contributed by atoms with Crippen molar-refractivity contribution in [1.29, 1.82) is 0 Å². The van der Waals surface area contributed by atoms with E-state index < -0.39 is 19.1 Å². The number of nitrogens with zero attached hydrogens (tertiary/aromatic N) is 4. The maximum atomic E-state index is 12.6. The summed E-state index contributed by atoms with van der Waals surface area (Å²) in [6, 6.07) is 9.13. The van der Waals surface area contributed by atoms with Crippen molar-refractivity contribution >= 4 is 17.9 Å². The molecule has 0 radical (unpaired) electrons. The number of rotatable bonds is 8. The smallest absolute Gasteiger partial charge is 0.407 e. The number of aromatic nitrogens is 2. The van der Waals surface area contributed by atoms with Gasteiger partial charge in [0.1, 0.15) is 17.7 Å². The van der Waals surface area contributed by atoms with Gasteiger partial charge in [-0.05, 0) is 30.7 Å². The Balaban J connectivity index is 1.56. The summed E-state index contributed by atoms with van der Waals surface area (Å²) in [6.45, 7) is 2.84. The number of ether oxygens (including phenoxy) is 2. The highest BCUT2D eigenvalue weighted by Crippen LogP contribution is 2.24. The highest BCUT2D eigenvalue weighted by molar-refractivity contribution is 5.67. The summed E-state index contributed by atoms with van der Waals surface area (Å²) in [7, 11) is 2.88. The van der Waals surface area contributed by atoms with Gasteiger partial charge in [0.25, 0.3) is 6.43 Å². The largest absolute Gasteiger partial charge is 0.489 e. The standard InChI is InChI=1S/C21H27F2N5O3/c1-14(25-21(29)30-3)15-4-6-16(7-5-15)31-17-9-11-28(12-17)19-8-10-24-20(26-19)27(2)13-18(22)23/h4-8,10,14,17-18H,9,11-13H2,1-3H3,(H,25,29)/t14-,17+/m0/s1. The fraction of sp³-hybridized carbons (Fsp3) is 0.476. The molecule has 1 N–H and O–H groups in total. The molecule has 168 valence electrons. The van der Waals surface area contributed by atoms with Crippen molar-refractivity contribution in [1.82, 2.24) is 15.3 Å². The van der Waals surface area contributed by atoms with E-state index in [1.54, 1.807) is 19.3 Å². The molecule has 2 heterocycles. The third-order valence-electron chi connectivity index (χ3n) is 5.05. The fourth-order valence-corrected chi connectivity index (χ4v) is 3.37. The van der Waals surface area contributed by atoms with Crippen LogP contribution >= 0.6 is 0 Å². The van der Waals surface area contributed by atoms with E-state index in [0.29, 0.717) is 12.4 Å². The molecular formula is C21H27F2N5O3. The fourth-order valence-electron chi connectivity index (χ4n) is 3.37. The van der Waals surface area contributed by atoms with E-state index in [-0.39, 0.29) is 18.1 Å². The van der Waals surface area contributed by atoms with Gasteiger partial charge in [0, 0.05) is 26.2 Å². The minimum atomic E-state index is -2.45. The maximum Gasteiger partial charge on any atom is 0.407 e. The highest BCUT2D eigenvalue weighted by atomic mass is 19.3. The number of carbonyl (C=O) groups is 1. The van der Waals surface area contributed by atoms with Crippen LogP contribution in [0.25, 0.3) is 0 Å². The van der Waals surface area contributed by atoms with E-state index in [1.165, 1.54) is 12.0 Å². The lowest BCUT2D eigenvalue weighted by Crippen LogP contribution is -2.28. The molecule has 0 saturated carbocycles. The summed E-state index contributed by atoms with van der Waals surface area (Å²) >= 11 is 0. The van der Waals surface area contributed by atoms with Crippen LogP contribution in [-0.2, 0) is 4.74 Å². The summed E-state index contributed by atoms with van der Waals surface area (Å²) < 4.78 is 35.9. The van der Waals surface area contributed by atoms with Crippen LogP contribution in [0.3, 0.4) is 0 Å². The van der Waals surface area contributed by atoms with Crippen molar-refractivity contribution in [3.63, 3.8) is 0 Å². The van der Waals surface area contributed by atoms with Crippen LogP contribution in [0.4, 0.5) is 25.3 Å². The third kappa shape index (κ3) is 6.16. The Kier molecular flexibility index (Phi) is 7.43. The summed E-state index contributed by atoms with van der Waals surface area (Å²) in [4.78, 5) is 23.2. The van der Waals surface area contributed by atoms with Crippen LogP contribution in [0.15, 0.2) is 36.5 Å². The zero-order valence-electron chi connectivity index (χ0n) is 17.8. The summed E-state index contributed by atoms with van der Waals surface area (Å²) in [5.74, 6) is 1.70. The Morgan fingerprint density at radius 2 is 2.06 bits per heavy atom. The molecule has 0 aliphatic carbocycles. The molecule has 2 aromatic rings. The van der Waals surface area contributed by atoms with Gasteiger partial charge in [0.2, 0.25) is 5.95 Å². The van der Waals surface area contributed by atoms with Crippen molar-refractivity contribution in [2.75, 3.05) is 43.6 Å². The molecule has 8 nitrogen and oxygen atoms in total. The van der Waals surface area contributed by atoms with Gasteiger partial charge >= 0.3 is 6.09 Å². The van der Waals surface area contributed by atoms with Crippen molar-refractivity contribution in [2.45, 2.75) is 31.9 Å². The van der Waals surface area contributed by atoms with Crippen molar-refractivity contribution in [3.05, 3.63) is 42.1 Å². The topological polar surface area (TPSA) is 79.8 Å². The first-order valence-electron chi connectivity index (χ1n) is 10.0. The SMILES string of the molecule is COC(=O)N[C@@H](C)c1ccc(O[C@@H]2CCN(c3ccnc(N(C)CC(F)F)n3)C2)cc1. The minimum Gasteiger partial charge on any atom is -0.489 e. The zero-order chi connectivity index (χ0) is 22.4. The number of hydrogen-bond acceptors (Lipinski definition) is 7. The Bertz CT molecular complexity index is 868. The number of amides is 1. The average Bonchev–Trinajstić information content (AvgIpc) is 3.22. The molecule has 1 aromatic carbocycles. The molecule has 1 saturated heterocycles. The Morgan fingerprint density at radius 3 is 2.74 bits per heavy atom. The number of methoxy groups -OCH3 is 1. The second-order valence-corrected chi connectivity index (χ2v) is 7.39. The van der Waals surface area contributed by atoms with Gasteiger partial charge < -0.3 is 24.6 Å². The molecule has 10 heteroatoms. The number of nitrogens with one attached hydrogen (secondary N) is 1. The van der Waals surface area contributed by atoms with Crippen LogP contribution < -0.4 is 19.9 Å². The van der Waals surface area contributed by atoms with Crippen LogP contribution in [0, 0.1) is 0 Å². The van der Waals surface area contributed by atoms with Crippen molar-refractivity contribution < 1.29 is 23.0 Å². The van der Waals surface area contributed by atoms with Gasteiger partial charge in [-0.1, -0.05) is 12.1 Å². The molecule has 1 amide bonds. The van der Waals surface area contributed by atoms with Crippen LogP contribution in [-0.4, -0.2) is 62.4 Å². The van der Waals surface area contributed by atoms with Gasteiger partial charge in [-0.3, -0.25) is 0 Å². The van der Waals surface area contributed by atoms with E-state index in [9.17, 15) is 13.6 Å². The molecule has 2 atom stereocenters. The maximum absolute atomic E-state index is 12.6. The lowest BCUT2D eigenvalue weighted by molar-refractivity contribution is 0.156. The van der Waals surface area contributed by atoms with Gasteiger partial charge in [-0.25, -0.2) is 18.6 Å². The summed E-state index contributed by atoms with van der Waals surface area (Å²) in [5.41, 5.74) is 0.937. The van der Waals surface area contributed by atoms with Crippen LogP contribution in [0.2, 0.25) is 0 Å². The highest BCUT2D eigenvalue weighted by Gasteiger charge is 2.26. The van der Waals surface area contributed by atoms with Gasteiger partial charge in [-0.15, -0.1) is 0 Å². The van der Waals surface area contributed by atoms with Gasteiger partial charge in [-0.2, -0.15) is 4.98 Å². The van der Waals surface area contributed by atoms with E-state index in [2.05, 4.69) is 24.9 Å². The van der Waals surface area contributed by atoms with Crippen LogP contribution in [0.5, 0.6) is 5.75 Å². The lowest BCUT2D eigenvalue weighted by atomic mass is 10.1. The van der Waals surface area contributed by atoms with E-state index in [0.717, 1.165) is 24.3 Å². The second-order valence-electron chi connectivity index (χ2n) is 7.39. The number of hydrogen-bond donors (Lipinski definition) is 1. The molecule has 0 bridgehead atoms. The Morgan fingerprint density at radius 1 is 1.32 bits per heavy atom. The predicted molar refractivity (Wildman–Crippen MR) is 113 cm³/mol. The molecule has 0 spiro atoms. The van der Waals surface area contributed by atoms with E-state index >= 15 is 0 Å². The van der Waals surface area contributed by atoms with Gasteiger partial charge in [0.05, 0.1) is 26.2 Å². The van der Waals surface area contributed by atoms with E-state index in [4.69, 9.17) is 4.74 Å². The monoisotopic (exact) mass is 435 g/mol. The summed E-state index contributed by atoms with van der Waals surface area (Å²) in [5, 5.41) is 2.72. The Hall–Kier alpha value is -3.17. The number of carbonyl (C=O) groups excluding carboxylic acids is 1. The predicted octanol–water partition coefficient (Wildman–Crippen LogP) is 3.25. The zero-order valence-corrected chi connectivity index (χ0v) is 17.8. The molecule has 0 unspecified atom stereocenters. The molecule has 31 heavy (non-hydrogen) atoms. The first kappa shape index (κ1) is 22.5. The number of alkyl carbamates (subject to hydrolysis) is 1. The number of benzene rings is 1. The molecule has 3 rings (SSSR count). The molecular weight excluding hydrogens is 408 g/mol. The first-order valence-corrected chi connectivity index (χ1v) is 10.0. The summed E-state index contributed by atoms with van der Waals surface area (Å²) in [6.07, 6.45) is -0.557. The van der Waals surface area contributed by atoms with Crippen LogP contribution in [0.1, 0.15) is 24.9 Å². The molecule has 1 fully saturated rings. The number of alkyl halides is 2. The Labute approximate surface area is 180 Å². The lowest BCUT2D eigenvalue weighted by Gasteiger charge is -2.21. The minimum absolute atomic E-state index is 0.0197. The average molecular weight is 435 g/mol. The molecule has 1 aromatic heterocycles. The van der Waals surface area contributed by atoms with E-state index in [1.807, 2.05) is 31.2 Å². The third-order valence-corrected chi connectivity index (χ3v) is 5.05. The van der Waals surface area contributed by atoms with Crippen molar-refractivity contribution in [3.8, 4) is 5.75 Å². The molecule has 1 aliphatic heterocycles. The number of anilines is 2. The van der Waals surface area contributed by atoms with Crippen molar-refractivity contribution in [2.24, 2.45) is 0 Å². The molecule has 1 aliphatic rings. The normalized spacial score (nSPS) is 16.8.